The highest BCUT2D eigenvalue weighted by Crippen LogP contribution is 2.44. The Balaban J connectivity index is 1.77. The van der Waals surface area contributed by atoms with Crippen molar-refractivity contribution in [1.82, 2.24) is 0 Å². The highest BCUT2D eigenvalue weighted by molar-refractivity contribution is 5.58. The van der Waals surface area contributed by atoms with Gasteiger partial charge in [0.2, 0.25) is 0 Å². The summed E-state index contributed by atoms with van der Waals surface area (Å²) in [7, 11) is 0. The summed E-state index contributed by atoms with van der Waals surface area (Å²) in [6.45, 7) is 20.4. The zero-order valence-electron chi connectivity index (χ0n) is 22.8. The van der Waals surface area contributed by atoms with E-state index in [2.05, 4.69) is 48.5 Å². The highest BCUT2D eigenvalue weighted by atomic mass is 16.5. The lowest BCUT2D eigenvalue weighted by molar-refractivity contribution is 0.0511. The van der Waals surface area contributed by atoms with Crippen molar-refractivity contribution in [2.24, 2.45) is 17.3 Å². The van der Waals surface area contributed by atoms with Crippen LogP contribution in [0, 0.1) is 38.0 Å². The van der Waals surface area contributed by atoms with Gasteiger partial charge in [0.15, 0.2) is 0 Å². The van der Waals surface area contributed by atoms with E-state index in [9.17, 15) is 5.11 Å². The van der Waals surface area contributed by atoms with Crippen molar-refractivity contribution in [3.63, 3.8) is 0 Å². The van der Waals surface area contributed by atoms with Crippen LogP contribution in [0.4, 0.5) is 0 Å². The minimum absolute atomic E-state index is 0.0776. The Morgan fingerprint density at radius 3 is 2.12 bits per heavy atom. The first-order valence-corrected chi connectivity index (χ1v) is 13.4. The number of phenols is 1. The lowest BCUT2D eigenvalue weighted by Gasteiger charge is -2.38. The highest BCUT2D eigenvalue weighted by Gasteiger charge is 2.34. The first-order chi connectivity index (χ1) is 14.9. The van der Waals surface area contributed by atoms with Crippen LogP contribution in [0.2, 0.25) is 0 Å². The maximum absolute atomic E-state index is 10.4. The normalized spacial score (nSPS) is 19.7. The third kappa shape index (κ3) is 7.42. The summed E-state index contributed by atoms with van der Waals surface area (Å²) in [5.74, 6) is 3.12. The predicted molar refractivity (Wildman–Crippen MR) is 139 cm³/mol. The smallest absolute Gasteiger partial charge is 0.127 e. The summed E-state index contributed by atoms with van der Waals surface area (Å²) in [5.41, 5.74) is 4.71. The van der Waals surface area contributed by atoms with Gasteiger partial charge in [-0.05, 0) is 100 Å². The largest absolute Gasteiger partial charge is 0.507 e. The van der Waals surface area contributed by atoms with E-state index in [4.69, 9.17) is 4.74 Å². The standard InChI is InChI=1S/C30H52O2/c1-21(2)13-10-17-29(7,8)18-11-14-22(3)15-12-19-30(9)20-16-26-25(6)27(31)23(4)24(5)28(26)32-30/h21-22,31H,10-20H2,1-9H3/t22-,30-/m1/s1. The number of rotatable bonds is 12. The Morgan fingerprint density at radius 2 is 1.50 bits per heavy atom. The van der Waals surface area contributed by atoms with Crippen molar-refractivity contribution in [1.29, 1.82) is 0 Å². The molecule has 0 bridgehead atoms. The van der Waals surface area contributed by atoms with Crippen LogP contribution in [0.5, 0.6) is 11.5 Å². The van der Waals surface area contributed by atoms with Crippen molar-refractivity contribution < 1.29 is 9.84 Å². The average Bonchev–Trinajstić information content (AvgIpc) is 2.70. The molecule has 0 radical (unpaired) electrons. The van der Waals surface area contributed by atoms with Crippen LogP contribution >= 0.6 is 0 Å². The molecule has 1 aliphatic heterocycles. The number of fused-ring (bicyclic) bond motifs is 1. The lowest BCUT2D eigenvalue weighted by Crippen LogP contribution is -2.37. The van der Waals surface area contributed by atoms with Gasteiger partial charge in [-0.15, -0.1) is 0 Å². The van der Waals surface area contributed by atoms with Gasteiger partial charge in [0.05, 0.1) is 0 Å². The summed E-state index contributed by atoms with van der Waals surface area (Å²) in [6, 6.07) is 0. The van der Waals surface area contributed by atoms with E-state index in [1.807, 2.05) is 13.8 Å². The first kappa shape index (κ1) is 27.1. The molecule has 0 spiro atoms. The van der Waals surface area contributed by atoms with E-state index in [-0.39, 0.29) is 5.60 Å². The van der Waals surface area contributed by atoms with E-state index in [0.717, 1.165) is 53.5 Å². The molecule has 2 atom stereocenters. The van der Waals surface area contributed by atoms with E-state index >= 15 is 0 Å². The van der Waals surface area contributed by atoms with Gasteiger partial charge in [-0.25, -0.2) is 0 Å². The topological polar surface area (TPSA) is 29.5 Å². The Labute approximate surface area is 199 Å². The van der Waals surface area contributed by atoms with Gasteiger partial charge in [-0.1, -0.05) is 66.7 Å². The number of hydrogen-bond acceptors (Lipinski definition) is 2. The Bertz CT molecular complexity index is 746. The number of aromatic hydroxyl groups is 1. The van der Waals surface area contributed by atoms with Crippen molar-refractivity contribution in [3.05, 3.63) is 22.3 Å². The minimum atomic E-state index is -0.0776. The molecule has 184 valence electrons. The number of phenolic OH excluding ortho intramolecular Hbond substituents is 1. The molecule has 1 aliphatic rings. The van der Waals surface area contributed by atoms with Crippen molar-refractivity contribution in [2.75, 3.05) is 0 Å². The summed E-state index contributed by atoms with van der Waals surface area (Å²) in [6.07, 6.45) is 13.9. The van der Waals surface area contributed by atoms with Gasteiger partial charge in [0.1, 0.15) is 17.1 Å². The van der Waals surface area contributed by atoms with Crippen molar-refractivity contribution >= 4 is 0 Å². The number of hydrogen-bond donors (Lipinski definition) is 1. The van der Waals surface area contributed by atoms with E-state index < -0.39 is 0 Å². The zero-order chi connectivity index (χ0) is 24.1. The van der Waals surface area contributed by atoms with Crippen LogP contribution in [0.1, 0.15) is 128 Å². The van der Waals surface area contributed by atoms with Gasteiger partial charge in [-0.2, -0.15) is 0 Å². The summed E-state index contributed by atoms with van der Waals surface area (Å²) in [5, 5.41) is 10.4. The SMILES string of the molecule is Cc1c(C)c2c(c(C)c1O)CC[C@@](C)(CCC[C@H](C)CCCC(C)(C)CCCC(C)C)O2. The molecule has 1 heterocycles. The molecule has 1 aromatic carbocycles. The van der Waals surface area contributed by atoms with Crippen molar-refractivity contribution in [3.8, 4) is 11.5 Å². The van der Waals surface area contributed by atoms with E-state index in [1.54, 1.807) is 0 Å². The van der Waals surface area contributed by atoms with E-state index in [0.29, 0.717) is 11.2 Å². The molecule has 0 saturated heterocycles. The second-order valence-corrected chi connectivity index (χ2v) is 12.4. The summed E-state index contributed by atoms with van der Waals surface area (Å²) >= 11 is 0. The fraction of sp³-hybridized carbons (Fsp3) is 0.800. The molecule has 0 amide bonds. The third-order valence-corrected chi connectivity index (χ3v) is 8.18. The maximum atomic E-state index is 10.4. The second kappa shape index (κ2) is 11.3. The molecule has 0 unspecified atom stereocenters. The van der Waals surface area contributed by atoms with Crippen LogP contribution in [0.3, 0.4) is 0 Å². The molecule has 0 fully saturated rings. The monoisotopic (exact) mass is 444 g/mol. The molecule has 2 nitrogen and oxygen atoms in total. The molecular weight excluding hydrogens is 392 g/mol. The van der Waals surface area contributed by atoms with Gasteiger partial charge in [0, 0.05) is 5.56 Å². The first-order valence-electron chi connectivity index (χ1n) is 13.4. The lowest BCUT2D eigenvalue weighted by atomic mass is 9.80. The van der Waals surface area contributed by atoms with Crippen LogP contribution < -0.4 is 4.74 Å². The fourth-order valence-corrected chi connectivity index (χ4v) is 5.48. The molecule has 0 saturated carbocycles. The fourth-order valence-electron chi connectivity index (χ4n) is 5.48. The molecule has 0 aromatic heterocycles. The molecule has 0 aliphatic carbocycles. The Morgan fingerprint density at radius 1 is 0.906 bits per heavy atom. The summed E-state index contributed by atoms with van der Waals surface area (Å²) in [4.78, 5) is 0. The van der Waals surface area contributed by atoms with Crippen LogP contribution in [0.25, 0.3) is 0 Å². The molecule has 2 heteroatoms. The average molecular weight is 445 g/mol. The summed E-state index contributed by atoms with van der Waals surface area (Å²) < 4.78 is 6.62. The molecule has 32 heavy (non-hydrogen) atoms. The maximum Gasteiger partial charge on any atom is 0.127 e. The predicted octanol–water partition coefficient (Wildman–Crippen LogP) is 9.23. The molecule has 2 rings (SSSR count). The van der Waals surface area contributed by atoms with E-state index in [1.165, 1.54) is 56.9 Å². The van der Waals surface area contributed by atoms with Gasteiger partial charge in [0.25, 0.3) is 0 Å². The van der Waals surface area contributed by atoms with Gasteiger partial charge in [-0.3, -0.25) is 0 Å². The quantitative estimate of drug-likeness (QED) is 0.348. The van der Waals surface area contributed by atoms with Gasteiger partial charge < -0.3 is 9.84 Å². The third-order valence-electron chi connectivity index (χ3n) is 8.18. The molecule has 1 N–H and O–H groups in total. The minimum Gasteiger partial charge on any atom is -0.507 e. The van der Waals surface area contributed by atoms with Gasteiger partial charge >= 0.3 is 0 Å². The van der Waals surface area contributed by atoms with Crippen LogP contribution in [-0.2, 0) is 6.42 Å². The zero-order valence-corrected chi connectivity index (χ0v) is 22.8. The van der Waals surface area contributed by atoms with Crippen molar-refractivity contribution in [2.45, 2.75) is 139 Å². The van der Waals surface area contributed by atoms with Crippen LogP contribution in [-0.4, -0.2) is 10.7 Å². The molecular formula is C30H52O2. The number of ether oxygens (including phenoxy) is 1. The molecule has 1 aromatic rings. The number of benzene rings is 1. The second-order valence-electron chi connectivity index (χ2n) is 12.4. The van der Waals surface area contributed by atoms with Crippen LogP contribution in [0.15, 0.2) is 0 Å². The Kier molecular flexibility index (Phi) is 9.56. The Hall–Kier alpha value is -1.18.